The van der Waals surface area contributed by atoms with Gasteiger partial charge in [0.15, 0.2) is 23.3 Å². The molecule has 0 radical (unpaired) electrons. The number of hydrogen-bond acceptors (Lipinski definition) is 4. The number of nitrogen functional groups attached to an aromatic ring is 1. The van der Waals surface area contributed by atoms with Gasteiger partial charge in [-0.3, -0.25) is 0 Å². The van der Waals surface area contributed by atoms with Gasteiger partial charge in [0, 0.05) is 12.6 Å². The molecule has 6 heteroatoms. The summed E-state index contributed by atoms with van der Waals surface area (Å²) in [7, 11) is 0. The Morgan fingerprint density at radius 3 is 2.65 bits per heavy atom. The van der Waals surface area contributed by atoms with Crippen molar-refractivity contribution in [2.75, 3.05) is 17.6 Å². The summed E-state index contributed by atoms with van der Waals surface area (Å²) in [6, 6.07) is 0.684. The predicted molar refractivity (Wildman–Crippen MR) is 60.5 cm³/mol. The molecule has 1 aliphatic carbocycles. The first kappa shape index (κ1) is 12.0. The van der Waals surface area contributed by atoms with Crippen molar-refractivity contribution in [3.8, 4) is 0 Å². The van der Waals surface area contributed by atoms with Crippen molar-refractivity contribution >= 4 is 11.6 Å². The summed E-state index contributed by atoms with van der Waals surface area (Å²) in [6.07, 6.45) is 3.27. The fraction of sp³-hybridized carbons (Fsp3) is 0.545. The van der Waals surface area contributed by atoms with Crippen LogP contribution in [0, 0.1) is 11.6 Å². The molecule has 1 fully saturated rings. The fourth-order valence-electron chi connectivity index (χ4n) is 2.06. The van der Waals surface area contributed by atoms with Gasteiger partial charge in [-0.15, -0.1) is 0 Å². The maximum atomic E-state index is 13.3. The van der Waals surface area contributed by atoms with Crippen LogP contribution in [0.5, 0.6) is 0 Å². The molecule has 0 atom stereocenters. The highest BCUT2D eigenvalue weighted by molar-refractivity contribution is 5.45. The highest BCUT2D eigenvalue weighted by Crippen LogP contribution is 2.29. The van der Waals surface area contributed by atoms with Gasteiger partial charge in [-0.2, -0.15) is 0 Å². The average Bonchev–Trinajstić information content (AvgIpc) is 2.69. The van der Waals surface area contributed by atoms with Crippen molar-refractivity contribution in [2.24, 2.45) is 0 Å². The third kappa shape index (κ3) is 2.63. The van der Waals surface area contributed by atoms with Crippen molar-refractivity contribution in [2.45, 2.75) is 31.3 Å². The average molecular weight is 243 g/mol. The van der Waals surface area contributed by atoms with Crippen LogP contribution in [0.3, 0.4) is 0 Å². The van der Waals surface area contributed by atoms with Gasteiger partial charge >= 0.3 is 0 Å². The molecule has 1 aromatic rings. The summed E-state index contributed by atoms with van der Waals surface area (Å²) in [5.74, 6) is -2.16. The molecule has 0 unspecified atom stereocenters. The number of halogens is 2. The van der Waals surface area contributed by atoms with E-state index in [1.807, 2.05) is 0 Å². The molecule has 1 aliphatic rings. The smallest absolute Gasteiger partial charge is 0.168 e. The summed E-state index contributed by atoms with van der Waals surface area (Å²) in [6.45, 7) is 0.196. The molecule has 17 heavy (non-hydrogen) atoms. The number of pyridine rings is 1. The quantitative estimate of drug-likeness (QED) is 0.755. The molecule has 1 saturated carbocycles. The number of nitrogens with one attached hydrogen (secondary N) is 1. The van der Waals surface area contributed by atoms with Crippen LogP contribution in [0.2, 0.25) is 0 Å². The number of anilines is 2. The highest BCUT2D eigenvalue weighted by atomic mass is 19.1. The Balaban J connectivity index is 2.06. The van der Waals surface area contributed by atoms with Gasteiger partial charge in [0.1, 0.15) is 0 Å². The lowest BCUT2D eigenvalue weighted by molar-refractivity contribution is 0.0613. The van der Waals surface area contributed by atoms with E-state index in [1.54, 1.807) is 0 Å². The van der Waals surface area contributed by atoms with Crippen LogP contribution in [0.25, 0.3) is 0 Å². The van der Waals surface area contributed by atoms with Crippen molar-refractivity contribution in [3.63, 3.8) is 0 Å². The van der Waals surface area contributed by atoms with Gasteiger partial charge in [-0.05, 0) is 12.8 Å². The zero-order chi connectivity index (χ0) is 12.5. The Morgan fingerprint density at radius 2 is 2.00 bits per heavy atom. The third-order valence-electron chi connectivity index (χ3n) is 3.08. The number of aromatic nitrogens is 1. The number of nitrogens with two attached hydrogens (primary N) is 1. The Labute approximate surface area is 97.8 Å². The molecule has 1 heterocycles. The Hall–Kier alpha value is -1.43. The van der Waals surface area contributed by atoms with Gasteiger partial charge in [0.05, 0.1) is 5.60 Å². The molecule has 1 aromatic heterocycles. The minimum absolute atomic E-state index is 0.121. The molecular weight excluding hydrogens is 228 g/mol. The molecule has 0 spiro atoms. The van der Waals surface area contributed by atoms with Gasteiger partial charge in [-0.25, -0.2) is 13.8 Å². The Morgan fingerprint density at radius 1 is 1.35 bits per heavy atom. The second-order valence-electron chi connectivity index (χ2n) is 4.47. The number of hydrogen-bond donors (Lipinski definition) is 3. The van der Waals surface area contributed by atoms with Crippen molar-refractivity contribution in [3.05, 3.63) is 17.7 Å². The lowest BCUT2D eigenvalue weighted by Gasteiger charge is -2.22. The van der Waals surface area contributed by atoms with Crippen molar-refractivity contribution in [1.29, 1.82) is 0 Å². The van der Waals surface area contributed by atoms with E-state index in [0.717, 1.165) is 12.8 Å². The lowest BCUT2D eigenvalue weighted by Crippen LogP contribution is -2.34. The maximum absolute atomic E-state index is 13.3. The number of nitrogens with zero attached hydrogens (tertiary/aromatic N) is 1. The lowest BCUT2D eigenvalue weighted by atomic mass is 10.0. The first-order valence-corrected chi connectivity index (χ1v) is 5.58. The third-order valence-corrected chi connectivity index (χ3v) is 3.08. The van der Waals surface area contributed by atoms with Crippen molar-refractivity contribution < 1.29 is 13.9 Å². The van der Waals surface area contributed by atoms with Gasteiger partial charge < -0.3 is 16.2 Å². The summed E-state index contributed by atoms with van der Waals surface area (Å²) in [5.41, 5.74) is 4.43. The highest BCUT2D eigenvalue weighted by Gasteiger charge is 2.31. The van der Waals surface area contributed by atoms with E-state index in [9.17, 15) is 13.9 Å². The maximum Gasteiger partial charge on any atom is 0.168 e. The van der Waals surface area contributed by atoms with Crippen LogP contribution in [0.1, 0.15) is 25.7 Å². The summed E-state index contributed by atoms with van der Waals surface area (Å²) < 4.78 is 26.2. The number of aliphatic hydroxyl groups is 1. The van der Waals surface area contributed by atoms with Gasteiger partial charge in [0.2, 0.25) is 0 Å². The van der Waals surface area contributed by atoms with Crippen LogP contribution >= 0.6 is 0 Å². The van der Waals surface area contributed by atoms with E-state index in [0.29, 0.717) is 18.9 Å². The number of rotatable bonds is 3. The molecule has 0 aromatic carbocycles. The molecule has 4 N–H and O–H groups in total. The van der Waals surface area contributed by atoms with Crippen LogP contribution < -0.4 is 11.1 Å². The Bertz CT molecular complexity index is 419. The van der Waals surface area contributed by atoms with E-state index in [4.69, 9.17) is 5.73 Å². The Kier molecular flexibility index (Phi) is 3.15. The van der Waals surface area contributed by atoms with E-state index in [-0.39, 0.29) is 18.2 Å². The minimum atomic E-state index is -0.882. The zero-order valence-electron chi connectivity index (χ0n) is 9.34. The normalized spacial score (nSPS) is 18.3. The largest absolute Gasteiger partial charge is 0.388 e. The molecule has 0 saturated heterocycles. The molecule has 0 aliphatic heterocycles. The SMILES string of the molecule is Nc1nc(NCC2(O)CCCC2)c(F)cc1F. The van der Waals surface area contributed by atoms with Crippen LogP contribution in [0.4, 0.5) is 20.4 Å². The summed E-state index contributed by atoms with van der Waals surface area (Å²) >= 11 is 0. The molecule has 4 nitrogen and oxygen atoms in total. The van der Waals surface area contributed by atoms with Gasteiger partial charge in [0.25, 0.3) is 0 Å². The second-order valence-corrected chi connectivity index (χ2v) is 4.47. The van der Waals surface area contributed by atoms with E-state index >= 15 is 0 Å². The topological polar surface area (TPSA) is 71.2 Å². The fourth-order valence-corrected chi connectivity index (χ4v) is 2.06. The molecular formula is C11H15F2N3O. The summed E-state index contributed by atoms with van der Waals surface area (Å²) in [4.78, 5) is 3.57. The van der Waals surface area contributed by atoms with Crippen LogP contribution in [0.15, 0.2) is 6.07 Å². The molecule has 2 rings (SSSR count). The van der Waals surface area contributed by atoms with E-state index in [2.05, 4.69) is 10.3 Å². The molecule has 94 valence electrons. The second kappa shape index (κ2) is 4.44. The summed E-state index contributed by atoms with van der Waals surface area (Å²) in [5, 5.41) is 12.7. The van der Waals surface area contributed by atoms with Crippen LogP contribution in [-0.2, 0) is 0 Å². The minimum Gasteiger partial charge on any atom is -0.388 e. The monoisotopic (exact) mass is 243 g/mol. The van der Waals surface area contributed by atoms with E-state index < -0.39 is 17.2 Å². The predicted octanol–water partition coefficient (Wildman–Crippen LogP) is 1.66. The van der Waals surface area contributed by atoms with Crippen LogP contribution in [-0.4, -0.2) is 22.2 Å². The molecule has 0 bridgehead atoms. The van der Waals surface area contributed by atoms with E-state index in [1.165, 1.54) is 0 Å². The standard InChI is InChI=1S/C11H15F2N3O/c12-7-5-8(13)10(16-9(7)14)15-6-11(17)3-1-2-4-11/h5,17H,1-4,6H2,(H3,14,15,16). The first-order chi connectivity index (χ1) is 8.00. The first-order valence-electron chi connectivity index (χ1n) is 5.58. The van der Waals surface area contributed by atoms with Crippen molar-refractivity contribution in [1.82, 2.24) is 4.98 Å². The van der Waals surface area contributed by atoms with Gasteiger partial charge in [-0.1, -0.05) is 12.8 Å². The zero-order valence-corrected chi connectivity index (χ0v) is 9.34. The molecule has 0 amide bonds.